The van der Waals surface area contributed by atoms with Crippen LogP contribution in [0.5, 0.6) is 0 Å². The molecule has 0 atom stereocenters. The van der Waals surface area contributed by atoms with E-state index in [1.807, 2.05) is 30.9 Å². The van der Waals surface area contributed by atoms with Crippen molar-refractivity contribution in [3.8, 4) is 0 Å². The van der Waals surface area contributed by atoms with Gasteiger partial charge in [-0.1, -0.05) is 12.1 Å². The summed E-state index contributed by atoms with van der Waals surface area (Å²) in [5.74, 6) is -0.934. The highest BCUT2D eigenvalue weighted by Gasteiger charge is 2.21. The second-order valence-corrected chi connectivity index (χ2v) is 6.80. The highest BCUT2D eigenvalue weighted by Crippen LogP contribution is 2.19. The molecule has 2 aromatic rings. The smallest absolute Gasteiger partial charge is 0.342 e. The molecule has 0 bridgehead atoms. The normalized spacial score (nSPS) is 13.5. The number of aryl methyl sites for hydroxylation is 1. The Morgan fingerprint density at radius 1 is 1.13 bits per heavy atom. The standard InChI is InChI=1S/C21H24N4O5/c1-14-5-3-7-17(15(14)2)23-21(28)24-18(26)13-30-20(27)16-6-4-8-22-19(16)25-9-11-29-12-10-25/h3-8H,9-13H2,1-2H3,(H2,23,24,26,28). The first kappa shape index (κ1) is 21.3. The Labute approximate surface area is 174 Å². The molecule has 1 aromatic carbocycles. The Hall–Kier alpha value is -3.46. The van der Waals surface area contributed by atoms with E-state index in [9.17, 15) is 14.4 Å². The van der Waals surface area contributed by atoms with Gasteiger partial charge in [-0.25, -0.2) is 14.6 Å². The Bertz CT molecular complexity index is 941. The van der Waals surface area contributed by atoms with Crippen molar-refractivity contribution in [1.82, 2.24) is 10.3 Å². The first-order valence-corrected chi connectivity index (χ1v) is 9.57. The van der Waals surface area contributed by atoms with E-state index in [0.29, 0.717) is 37.8 Å². The van der Waals surface area contributed by atoms with Crippen LogP contribution in [0.1, 0.15) is 21.5 Å². The maximum atomic E-state index is 12.5. The van der Waals surface area contributed by atoms with Gasteiger partial charge in [-0.15, -0.1) is 0 Å². The minimum Gasteiger partial charge on any atom is -0.452 e. The lowest BCUT2D eigenvalue weighted by atomic mass is 10.1. The number of hydrogen-bond acceptors (Lipinski definition) is 7. The summed E-state index contributed by atoms with van der Waals surface area (Å²) in [6, 6.07) is 7.99. The Balaban J connectivity index is 1.54. The summed E-state index contributed by atoms with van der Waals surface area (Å²) in [6.45, 7) is 5.51. The predicted octanol–water partition coefficient (Wildman–Crippen LogP) is 2.04. The molecule has 3 amide bonds. The number of pyridine rings is 1. The van der Waals surface area contributed by atoms with E-state index in [2.05, 4.69) is 15.6 Å². The molecule has 9 heteroatoms. The maximum absolute atomic E-state index is 12.5. The van der Waals surface area contributed by atoms with Crippen molar-refractivity contribution in [2.75, 3.05) is 43.1 Å². The average Bonchev–Trinajstić information content (AvgIpc) is 2.76. The number of rotatable bonds is 5. The molecule has 1 aliphatic heterocycles. The number of urea groups is 1. The monoisotopic (exact) mass is 412 g/mol. The number of nitrogens with zero attached hydrogens (tertiary/aromatic N) is 2. The number of amides is 3. The third kappa shape index (κ3) is 5.32. The molecule has 1 saturated heterocycles. The number of carbonyl (C=O) groups is 3. The van der Waals surface area contributed by atoms with Crippen molar-refractivity contribution >= 4 is 29.4 Å². The van der Waals surface area contributed by atoms with Crippen LogP contribution in [0.3, 0.4) is 0 Å². The van der Waals surface area contributed by atoms with E-state index < -0.39 is 24.5 Å². The van der Waals surface area contributed by atoms with Crippen LogP contribution in [0.25, 0.3) is 0 Å². The molecule has 2 heterocycles. The number of aromatic nitrogens is 1. The molecule has 3 rings (SSSR count). The minimum atomic E-state index is -0.733. The summed E-state index contributed by atoms with van der Waals surface area (Å²) in [7, 11) is 0. The minimum absolute atomic E-state index is 0.257. The number of nitrogens with one attached hydrogen (secondary N) is 2. The Kier molecular flexibility index (Phi) is 6.97. The number of imide groups is 1. The molecular formula is C21H24N4O5. The van der Waals surface area contributed by atoms with Gasteiger partial charge in [-0.3, -0.25) is 10.1 Å². The summed E-state index contributed by atoms with van der Waals surface area (Å²) in [4.78, 5) is 42.7. The molecular weight excluding hydrogens is 388 g/mol. The molecule has 1 aromatic heterocycles. The fourth-order valence-corrected chi connectivity index (χ4v) is 3.00. The quantitative estimate of drug-likeness (QED) is 0.723. The topological polar surface area (TPSA) is 110 Å². The number of benzene rings is 1. The second kappa shape index (κ2) is 9.84. The first-order valence-electron chi connectivity index (χ1n) is 9.57. The third-order valence-corrected chi connectivity index (χ3v) is 4.76. The SMILES string of the molecule is Cc1cccc(NC(=O)NC(=O)COC(=O)c2cccnc2N2CCOCC2)c1C. The van der Waals surface area contributed by atoms with Gasteiger partial charge >= 0.3 is 12.0 Å². The van der Waals surface area contributed by atoms with Gasteiger partial charge in [0, 0.05) is 25.0 Å². The van der Waals surface area contributed by atoms with Gasteiger partial charge in [0.15, 0.2) is 6.61 Å². The average molecular weight is 412 g/mol. The highest BCUT2D eigenvalue weighted by atomic mass is 16.5. The molecule has 158 valence electrons. The van der Waals surface area contributed by atoms with Gasteiger partial charge < -0.3 is 19.7 Å². The number of hydrogen-bond donors (Lipinski definition) is 2. The van der Waals surface area contributed by atoms with E-state index in [1.54, 1.807) is 24.4 Å². The summed E-state index contributed by atoms with van der Waals surface area (Å²) in [5.41, 5.74) is 2.77. The van der Waals surface area contributed by atoms with Crippen molar-refractivity contribution in [2.24, 2.45) is 0 Å². The summed E-state index contributed by atoms with van der Waals surface area (Å²) in [5, 5.41) is 4.76. The zero-order valence-corrected chi connectivity index (χ0v) is 16.9. The van der Waals surface area contributed by atoms with Crippen molar-refractivity contribution in [3.05, 3.63) is 53.2 Å². The lowest BCUT2D eigenvalue weighted by Gasteiger charge is -2.28. The zero-order chi connectivity index (χ0) is 21.5. The van der Waals surface area contributed by atoms with Gasteiger partial charge in [0.1, 0.15) is 11.4 Å². The summed E-state index contributed by atoms with van der Waals surface area (Å²) < 4.78 is 10.4. The van der Waals surface area contributed by atoms with Crippen molar-refractivity contribution in [1.29, 1.82) is 0 Å². The highest BCUT2D eigenvalue weighted by molar-refractivity contribution is 6.03. The van der Waals surface area contributed by atoms with E-state index in [1.165, 1.54) is 0 Å². The van der Waals surface area contributed by atoms with Crippen LogP contribution in [-0.2, 0) is 14.3 Å². The molecule has 30 heavy (non-hydrogen) atoms. The van der Waals surface area contributed by atoms with Gasteiger partial charge in [0.2, 0.25) is 0 Å². The van der Waals surface area contributed by atoms with E-state index in [0.717, 1.165) is 11.1 Å². The van der Waals surface area contributed by atoms with Crippen molar-refractivity contribution in [3.63, 3.8) is 0 Å². The summed E-state index contributed by atoms with van der Waals surface area (Å²) >= 11 is 0. The molecule has 2 N–H and O–H groups in total. The largest absolute Gasteiger partial charge is 0.452 e. The van der Waals surface area contributed by atoms with E-state index in [-0.39, 0.29) is 5.56 Å². The Morgan fingerprint density at radius 3 is 2.67 bits per heavy atom. The van der Waals surface area contributed by atoms with Crippen molar-refractivity contribution < 1.29 is 23.9 Å². The molecule has 1 fully saturated rings. The third-order valence-electron chi connectivity index (χ3n) is 4.76. The molecule has 1 aliphatic rings. The molecule has 0 radical (unpaired) electrons. The van der Waals surface area contributed by atoms with Gasteiger partial charge in [-0.2, -0.15) is 0 Å². The van der Waals surface area contributed by atoms with E-state index in [4.69, 9.17) is 9.47 Å². The predicted molar refractivity (Wildman–Crippen MR) is 111 cm³/mol. The fraction of sp³-hybridized carbons (Fsp3) is 0.333. The van der Waals surface area contributed by atoms with Gasteiger partial charge in [0.25, 0.3) is 5.91 Å². The molecule has 0 unspecified atom stereocenters. The zero-order valence-electron chi connectivity index (χ0n) is 16.9. The molecule has 0 aliphatic carbocycles. The number of carbonyl (C=O) groups excluding carboxylic acids is 3. The van der Waals surface area contributed by atoms with Crippen molar-refractivity contribution in [2.45, 2.75) is 13.8 Å². The number of ether oxygens (including phenoxy) is 2. The van der Waals surface area contributed by atoms with Crippen LogP contribution >= 0.6 is 0 Å². The maximum Gasteiger partial charge on any atom is 0.342 e. The Morgan fingerprint density at radius 2 is 1.90 bits per heavy atom. The summed E-state index contributed by atoms with van der Waals surface area (Å²) in [6.07, 6.45) is 1.59. The van der Waals surface area contributed by atoms with Crippen LogP contribution in [-0.4, -0.2) is 55.8 Å². The van der Waals surface area contributed by atoms with Crippen LogP contribution in [0, 0.1) is 13.8 Å². The van der Waals surface area contributed by atoms with Crippen LogP contribution in [0.4, 0.5) is 16.3 Å². The lowest BCUT2D eigenvalue weighted by molar-refractivity contribution is -0.123. The fourth-order valence-electron chi connectivity index (χ4n) is 3.00. The molecule has 0 saturated carbocycles. The molecule has 9 nitrogen and oxygen atoms in total. The molecule has 0 spiro atoms. The van der Waals surface area contributed by atoms with Crippen LogP contribution in [0.15, 0.2) is 36.5 Å². The second-order valence-electron chi connectivity index (χ2n) is 6.80. The number of anilines is 2. The van der Waals surface area contributed by atoms with E-state index >= 15 is 0 Å². The first-order chi connectivity index (χ1) is 14.5. The lowest BCUT2D eigenvalue weighted by Crippen LogP contribution is -2.38. The number of esters is 1. The van der Waals surface area contributed by atoms with Crippen LogP contribution < -0.4 is 15.5 Å². The number of morpholine rings is 1. The van der Waals surface area contributed by atoms with Gasteiger partial charge in [-0.05, 0) is 43.2 Å². The van der Waals surface area contributed by atoms with Crippen LogP contribution in [0.2, 0.25) is 0 Å². The van der Waals surface area contributed by atoms with Gasteiger partial charge in [0.05, 0.1) is 13.2 Å².